The van der Waals surface area contributed by atoms with Gasteiger partial charge in [0.25, 0.3) is 0 Å². The van der Waals surface area contributed by atoms with Crippen LogP contribution in [-0.4, -0.2) is 19.6 Å². The van der Waals surface area contributed by atoms with Crippen molar-refractivity contribution in [2.75, 3.05) is 0 Å². The first kappa shape index (κ1) is 14.1. The van der Waals surface area contributed by atoms with Crippen LogP contribution in [-0.2, 0) is 26.9 Å². The van der Waals surface area contributed by atoms with Crippen molar-refractivity contribution < 1.29 is 0 Å². The molecule has 0 saturated heterocycles. The number of hydrogen-bond acceptors (Lipinski definition) is 3. The van der Waals surface area contributed by atoms with Gasteiger partial charge in [-0.25, -0.2) is 0 Å². The fourth-order valence-corrected chi connectivity index (χ4v) is 2.59. The second-order valence-electron chi connectivity index (χ2n) is 4.84. The predicted octanol–water partition coefficient (Wildman–Crippen LogP) is 1.92. The lowest BCUT2D eigenvalue weighted by Crippen LogP contribution is -2.16. The number of rotatable bonds is 4. The van der Waals surface area contributed by atoms with E-state index in [2.05, 4.69) is 17.1 Å². The minimum atomic E-state index is -0.115. The summed E-state index contributed by atoms with van der Waals surface area (Å²) in [7, 11) is 3.81. The molecule has 0 spiro atoms. The van der Waals surface area contributed by atoms with Crippen molar-refractivity contribution in [3.63, 3.8) is 0 Å². The van der Waals surface area contributed by atoms with E-state index >= 15 is 0 Å². The Morgan fingerprint density at radius 3 is 2.58 bits per heavy atom. The van der Waals surface area contributed by atoms with Crippen LogP contribution < -0.4 is 5.73 Å². The van der Waals surface area contributed by atoms with Gasteiger partial charge in [0.15, 0.2) is 0 Å². The summed E-state index contributed by atoms with van der Waals surface area (Å²) in [6.07, 6.45) is 3.53. The Kier molecular flexibility index (Phi) is 3.96. The van der Waals surface area contributed by atoms with E-state index in [1.54, 1.807) is 4.68 Å². The number of nitrogens with two attached hydrogens (primary N) is 1. The Hall–Kier alpha value is -1.33. The molecule has 104 valence electrons. The smallest absolute Gasteiger partial charge is 0.0847 e. The molecule has 0 aliphatic carbocycles. The topological polar surface area (TPSA) is 61.7 Å². The maximum absolute atomic E-state index is 6.31. The van der Waals surface area contributed by atoms with Crippen LogP contribution in [0.25, 0.3) is 0 Å². The Labute approximate surface area is 118 Å². The van der Waals surface area contributed by atoms with Crippen molar-refractivity contribution in [2.24, 2.45) is 19.8 Å². The van der Waals surface area contributed by atoms with E-state index < -0.39 is 0 Å². The van der Waals surface area contributed by atoms with Gasteiger partial charge in [-0.05, 0) is 13.3 Å². The summed E-state index contributed by atoms with van der Waals surface area (Å²) in [6, 6.07) is -0.115. The Morgan fingerprint density at radius 2 is 2.05 bits per heavy atom. The quantitative estimate of drug-likeness (QED) is 0.931. The maximum Gasteiger partial charge on any atom is 0.0847 e. The molecule has 2 heterocycles. The Bertz CT molecular complexity index is 584. The maximum atomic E-state index is 6.31. The van der Waals surface area contributed by atoms with Gasteiger partial charge in [-0.3, -0.25) is 9.36 Å². The van der Waals surface area contributed by atoms with Gasteiger partial charge in [0, 0.05) is 38.3 Å². The molecule has 2 N–H and O–H groups in total. The van der Waals surface area contributed by atoms with Crippen molar-refractivity contribution in [2.45, 2.75) is 32.7 Å². The molecule has 0 bridgehead atoms. The van der Waals surface area contributed by atoms with E-state index in [1.165, 1.54) is 0 Å². The third-order valence-electron chi connectivity index (χ3n) is 3.35. The van der Waals surface area contributed by atoms with Crippen LogP contribution in [0.5, 0.6) is 0 Å². The minimum absolute atomic E-state index is 0.115. The van der Waals surface area contributed by atoms with Crippen molar-refractivity contribution in [1.82, 2.24) is 19.6 Å². The third-order valence-corrected chi connectivity index (χ3v) is 3.84. The van der Waals surface area contributed by atoms with E-state index in [0.29, 0.717) is 11.4 Å². The van der Waals surface area contributed by atoms with E-state index in [4.69, 9.17) is 17.3 Å². The van der Waals surface area contributed by atoms with Gasteiger partial charge in [-0.1, -0.05) is 18.5 Å². The Balaban J connectivity index is 2.27. The molecule has 0 aliphatic rings. The predicted molar refractivity (Wildman–Crippen MR) is 76.2 cm³/mol. The van der Waals surface area contributed by atoms with Gasteiger partial charge < -0.3 is 5.73 Å². The summed E-state index contributed by atoms with van der Waals surface area (Å²) in [6.45, 7) is 3.98. The molecule has 0 aliphatic heterocycles. The lowest BCUT2D eigenvalue weighted by Gasteiger charge is -2.12. The SMILES string of the molecule is CCc1nn(C)cc1C(N)Cc1c(Cl)c(C)nn1C. The number of aryl methyl sites for hydroxylation is 4. The summed E-state index contributed by atoms with van der Waals surface area (Å²) in [5.74, 6) is 0. The fraction of sp³-hybridized carbons (Fsp3) is 0.538. The molecule has 19 heavy (non-hydrogen) atoms. The van der Waals surface area contributed by atoms with Gasteiger partial charge in [0.1, 0.15) is 0 Å². The zero-order valence-electron chi connectivity index (χ0n) is 11.8. The lowest BCUT2D eigenvalue weighted by molar-refractivity contribution is 0.636. The highest BCUT2D eigenvalue weighted by Crippen LogP contribution is 2.25. The van der Waals surface area contributed by atoms with Gasteiger partial charge in [0.2, 0.25) is 0 Å². The zero-order valence-corrected chi connectivity index (χ0v) is 12.6. The first-order chi connectivity index (χ1) is 8.93. The summed E-state index contributed by atoms with van der Waals surface area (Å²) < 4.78 is 3.61. The normalized spacial score (nSPS) is 12.9. The van der Waals surface area contributed by atoms with Crippen LogP contribution in [0.1, 0.15) is 35.6 Å². The summed E-state index contributed by atoms with van der Waals surface area (Å²) >= 11 is 6.26. The molecule has 0 fully saturated rings. The van der Waals surface area contributed by atoms with Crippen LogP contribution in [0.4, 0.5) is 0 Å². The van der Waals surface area contributed by atoms with E-state index in [-0.39, 0.29) is 6.04 Å². The molecular formula is C13H20ClN5. The highest BCUT2D eigenvalue weighted by molar-refractivity contribution is 6.31. The molecular weight excluding hydrogens is 262 g/mol. The fourth-order valence-electron chi connectivity index (χ4n) is 2.36. The molecule has 2 aromatic heterocycles. The number of halogens is 1. The molecule has 1 unspecified atom stereocenters. The summed E-state index contributed by atoms with van der Waals surface area (Å²) in [5, 5.41) is 9.44. The van der Waals surface area contributed by atoms with Crippen LogP contribution in [0.15, 0.2) is 6.20 Å². The molecule has 1 atom stereocenters. The summed E-state index contributed by atoms with van der Waals surface area (Å²) in [4.78, 5) is 0. The molecule has 2 rings (SSSR count). The van der Waals surface area contributed by atoms with Gasteiger partial charge >= 0.3 is 0 Å². The second kappa shape index (κ2) is 5.35. The number of hydrogen-bond donors (Lipinski definition) is 1. The monoisotopic (exact) mass is 281 g/mol. The van der Waals surface area contributed by atoms with Crippen LogP contribution in [0.2, 0.25) is 5.02 Å². The van der Waals surface area contributed by atoms with Gasteiger partial charge in [-0.2, -0.15) is 10.2 Å². The Morgan fingerprint density at radius 1 is 1.37 bits per heavy atom. The highest BCUT2D eigenvalue weighted by Gasteiger charge is 2.19. The van der Waals surface area contributed by atoms with E-state index in [9.17, 15) is 0 Å². The van der Waals surface area contributed by atoms with Crippen molar-refractivity contribution in [3.05, 3.63) is 33.9 Å². The molecule has 0 aromatic carbocycles. The molecule has 2 aromatic rings. The highest BCUT2D eigenvalue weighted by atomic mass is 35.5. The molecule has 0 amide bonds. The van der Waals surface area contributed by atoms with Gasteiger partial charge in [0.05, 0.1) is 22.1 Å². The standard InChI is InChI=1S/C13H20ClN5/c1-5-11-9(7-18(3)17-11)10(15)6-12-13(14)8(2)16-19(12)4/h7,10H,5-6,15H2,1-4H3. The lowest BCUT2D eigenvalue weighted by atomic mass is 10.0. The van der Waals surface area contributed by atoms with Gasteiger partial charge in [-0.15, -0.1) is 0 Å². The van der Waals surface area contributed by atoms with E-state index in [1.807, 2.05) is 31.9 Å². The first-order valence-corrected chi connectivity index (χ1v) is 6.77. The largest absolute Gasteiger partial charge is 0.324 e. The minimum Gasteiger partial charge on any atom is -0.324 e. The first-order valence-electron chi connectivity index (χ1n) is 6.40. The number of nitrogens with zero attached hydrogens (tertiary/aromatic N) is 4. The molecule has 0 radical (unpaired) electrons. The molecule has 5 nitrogen and oxygen atoms in total. The zero-order chi connectivity index (χ0) is 14.2. The average molecular weight is 282 g/mol. The van der Waals surface area contributed by atoms with Crippen LogP contribution in [0.3, 0.4) is 0 Å². The van der Waals surface area contributed by atoms with Crippen molar-refractivity contribution in [1.29, 1.82) is 0 Å². The average Bonchev–Trinajstić information content (AvgIpc) is 2.85. The van der Waals surface area contributed by atoms with Crippen LogP contribution >= 0.6 is 11.6 Å². The van der Waals surface area contributed by atoms with Crippen LogP contribution in [0, 0.1) is 6.92 Å². The van der Waals surface area contributed by atoms with E-state index in [0.717, 1.165) is 29.1 Å². The number of aromatic nitrogens is 4. The van der Waals surface area contributed by atoms with Crippen molar-refractivity contribution >= 4 is 11.6 Å². The molecule has 6 heteroatoms. The summed E-state index contributed by atoms with van der Waals surface area (Å²) in [5.41, 5.74) is 10.3. The second-order valence-corrected chi connectivity index (χ2v) is 5.22. The van der Waals surface area contributed by atoms with Crippen molar-refractivity contribution in [3.8, 4) is 0 Å². The molecule has 0 saturated carbocycles. The third kappa shape index (κ3) is 2.67.